The van der Waals surface area contributed by atoms with Crippen molar-refractivity contribution in [1.29, 1.82) is 0 Å². The van der Waals surface area contributed by atoms with Crippen molar-refractivity contribution in [2.24, 2.45) is 0 Å². The predicted octanol–water partition coefficient (Wildman–Crippen LogP) is 2.63. The van der Waals surface area contributed by atoms with Gasteiger partial charge in [0.1, 0.15) is 5.75 Å². The molecule has 0 bridgehead atoms. The number of methoxy groups -OCH3 is 1. The normalized spacial score (nSPS) is 13.5. The highest BCUT2D eigenvalue weighted by atomic mass is 35.5. The maximum Gasteiger partial charge on any atom is 0.319 e. The number of aliphatic hydroxyl groups is 1. The molecule has 0 fully saturated rings. The highest BCUT2D eigenvalue weighted by Crippen LogP contribution is 2.26. The van der Waals surface area contributed by atoms with Gasteiger partial charge >= 0.3 is 6.03 Å². The lowest BCUT2D eigenvalue weighted by atomic mass is 10.0. The molecule has 0 aliphatic rings. The van der Waals surface area contributed by atoms with Crippen LogP contribution in [-0.4, -0.2) is 30.4 Å². The third-order valence-corrected chi connectivity index (χ3v) is 3.28. The van der Waals surface area contributed by atoms with Crippen LogP contribution in [0.3, 0.4) is 0 Å². The van der Waals surface area contributed by atoms with Crippen molar-refractivity contribution >= 4 is 23.3 Å². The smallest absolute Gasteiger partial charge is 0.319 e. The Kier molecular flexibility index (Phi) is 5.44. The van der Waals surface area contributed by atoms with Gasteiger partial charge in [0.05, 0.1) is 30.0 Å². The zero-order valence-electron chi connectivity index (χ0n) is 11.3. The van der Waals surface area contributed by atoms with Gasteiger partial charge < -0.3 is 20.5 Å². The van der Waals surface area contributed by atoms with Gasteiger partial charge in [0.25, 0.3) is 0 Å². The standard InChI is InChI=1S/C13H19ClN2O3/c1-4-13(2,8-17)16-12(18)15-11-6-5-9(19-3)7-10(11)14/h5-7,17H,4,8H2,1-3H3,(H2,15,16,18). The molecule has 0 saturated carbocycles. The van der Waals surface area contributed by atoms with Crippen LogP contribution in [0.5, 0.6) is 5.75 Å². The van der Waals surface area contributed by atoms with Crippen molar-refractivity contribution in [2.75, 3.05) is 19.0 Å². The second-order valence-corrected chi connectivity index (χ2v) is 4.90. The van der Waals surface area contributed by atoms with Crippen molar-refractivity contribution in [2.45, 2.75) is 25.8 Å². The van der Waals surface area contributed by atoms with Crippen LogP contribution in [0.1, 0.15) is 20.3 Å². The molecule has 0 saturated heterocycles. The first-order valence-corrected chi connectivity index (χ1v) is 6.35. The van der Waals surface area contributed by atoms with Crippen LogP contribution < -0.4 is 15.4 Å². The van der Waals surface area contributed by atoms with E-state index in [2.05, 4.69) is 10.6 Å². The Morgan fingerprint density at radius 2 is 2.21 bits per heavy atom. The van der Waals surface area contributed by atoms with Crippen LogP contribution in [0.15, 0.2) is 18.2 Å². The molecule has 3 N–H and O–H groups in total. The number of aliphatic hydroxyl groups excluding tert-OH is 1. The summed E-state index contributed by atoms with van der Waals surface area (Å²) in [5.41, 5.74) is -0.167. The third-order valence-electron chi connectivity index (χ3n) is 2.97. The number of urea groups is 1. The zero-order valence-corrected chi connectivity index (χ0v) is 12.0. The van der Waals surface area contributed by atoms with Gasteiger partial charge in [-0.15, -0.1) is 0 Å². The Hall–Kier alpha value is -1.46. The molecule has 2 amide bonds. The lowest BCUT2D eigenvalue weighted by Crippen LogP contribution is -2.50. The fourth-order valence-electron chi connectivity index (χ4n) is 1.39. The molecule has 0 aromatic heterocycles. The molecule has 1 atom stereocenters. The van der Waals surface area contributed by atoms with E-state index < -0.39 is 11.6 Å². The van der Waals surface area contributed by atoms with E-state index >= 15 is 0 Å². The maximum absolute atomic E-state index is 11.8. The second-order valence-electron chi connectivity index (χ2n) is 4.50. The van der Waals surface area contributed by atoms with Crippen LogP contribution in [0.2, 0.25) is 5.02 Å². The molecular weight excluding hydrogens is 268 g/mol. The van der Waals surface area contributed by atoms with E-state index in [0.717, 1.165) is 0 Å². The molecule has 0 aliphatic carbocycles. The molecule has 19 heavy (non-hydrogen) atoms. The molecular formula is C13H19ClN2O3. The highest BCUT2D eigenvalue weighted by molar-refractivity contribution is 6.33. The molecule has 6 heteroatoms. The minimum atomic E-state index is -0.650. The number of carbonyl (C=O) groups is 1. The number of anilines is 1. The molecule has 5 nitrogen and oxygen atoms in total. The number of carbonyl (C=O) groups excluding carboxylic acids is 1. The van der Waals surface area contributed by atoms with Crippen LogP contribution in [0.4, 0.5) is 10.5 Å². The number of benzene rings is 1. The number of ether oxygens (including phenoxy) is 1. The lowest BCUT2D eigenvalue weighted by Gasteiger charge is -2.27. The molecule has 0 spiro atoms. The number of amides is 2. The average Bonchev–Trinajstić information content (AvgIpc) is 2.40. The predicted molar refractivity (Wildman–Crippen MR) is 75.9 cm³/mol. The van der Waals surface area contributed by atoms with Gasteiger partial charge in [-0.3, -0.25) is 0 Å². The number of nitrogens with one attached hydrogen (secondary N) is 2. The Morgan fingerprint density at radius 3 is 2.68 bits per heavy atom. The van der Waals surface area contributed by atoms with Crippen LogP contribution in [0.25, 0.3) is 0 Å². The van der Waals surface area contributed by atoms with Crippen molar-refractivity contribution in [3.63, 3.8) is 0 Å². The van der Waals surface area contributed by atoms with Crippen molar-refractivity contribution < 1.29 is 14.6 Å². The minimum absolute atomic E-state index is 0.132. The second kappa shape index (κ2) is 6.63. The summed E-state index contributed by atoms with van der Waals surface area (Å²) < 4.78 is 5.02. The summed E-state index contributed by atoms with van der Waals surface area (Å²) in [4.78, 5) is 11.8. The van der Waals surface area contributed by atoms with Crippen molar-refractivity contribution in [3.05, 3.63) is 23.2 Å². The summed E-state index contributed by atoms with van der Waals surface area (Å²) in [5.74, 6) is 0.615. The molecule has 1 aromatic rings. The number of rotatable bonds is 5. The quantitative estimate of drug-likeness (QED) is 0.779. The van der Waals surface area contributed by atoms with E-state index in [1.807, 2.05) is 6.92 Å². The van der Waals surface area contributed by atoms with Crippen LogP contribution >= 0.6 is 11.6 Å². The molecule has 106 valence electrons. The van der Waals surface area contributed by atoms with Gasteiger partial charge in [0.2, 0.25) is 0 Å². The minimum Gasteiger partial charge on any atom is -0.497 e. The molecule has 1 aromatic carbocycles. The van der Waals surface area contributed by atoms with Gasteiger partial charge in [-0.25, -0.2) is 4.79 Å². The Balaban J connectivity index is 2.72. The van der Waals surface area contributed by atoms with E-state index in [-0.39, 0.29) is 6.61 Å². The lowest BCUT2D eigenvalue weighted by molar-refractivity contribution is 0.172. The van der Waals surface area contributed by atoms with Crippen molar-refractivity contribution in [1.82, 2.24) is 5.32 Å². The monoisotopic (exact) mass is 286 g/mol. The van der Waals surface area contributed by atoms with E-state index in [1.54, 1.807) is 32.2 Å². The van der Waals surface area contributed by atoms with Crippen molar-refractivity contribution in [3.8, 4) is 5.75 Å². The molecule has 0 heterocycles. The van der Waals surface area contributed by atoms with Gasteiger partial charge in [-0.1, -0.05) is 18.5 Å². The summed E-state index contributed by atoms with van der Waals surface area (Å²) in [6.07, 6.45) is 0.618. The summed E-state index contributed by atoms with van der Waals surface area (Å²) in [5, 5.41) is 15.0. The SMILES string of the molecule is CCC(C)(CO)NC(=O)Nc1ccc(OC)cc1Cl. The Bertz CT molecular complexity index is 448. The van der Waals surface area contributed by atoms with Gasteiger partial charge in [0, 0.05) is 6.07 Å². The first-order valence-electron chi connectivity index (χ1n) is 5.97. The van der Waals surface area contributed by atoms with Crippen LogP contribution in [0, 0.1) is 0 Å². The molecule has 0 radical (unpaired) electrons. The van der Waals surface area contributed by atoms with E-state index in [0.29, 0.717) is 22.9 Å². The van der Waals surface area contributed by atoms with E-state index in [4.69, 9.17) is 16.3 Å². The average molecular weight is 287 g/mol. The fraction of sp³-hybridized carbons (Fsp3) is 0.462. The summed E-state index contributed by atoms with van der Waals surface area (Å²) >= 11 is 6.02. The zero-order chi connectivity index (χ0) is 14.5. The Morgan fingerprint density at radius 1 is 1.53 bits per heavy atom. The molecule has 1 rings (SSSR count). The van der Waals surface area contributed by atoms with E-state index in [1.165, 1.54) is 0 Å². The first-order chi connectivity index (χ1) is 8.94. The molecule has 1 unspecified atom stereocenters. The van der Waals surface area contributed by atoms with Gasteiger partial charge in [0.15, 0.2) is 0 Å². The Labute approximate surface area is 117 Å². The fourth-order valence-corrected chi connectivity index (χ4v) is 1.61. The topological polar surface area (TPSA) is 70.6 Å². The van der Waals surface area contributed by atoms with Gasteiger partial charge in [-0.05, 0) is 25.5 Å². The first kappa shape index (κ1) is 15.6. The summed E-state index contributed by atoms with van der Waals surface area (Å²) in [6.45, 7) is 3.52. The summed E-state index contributed by atoms with van der Waals surface area (Å²) in [7, 11) is 1.54. The third kappa shape index (κ3) is 4.29. The van der Waals surface area contributed by atoms with Crippen LogP contribution in [-0.2, 0) is 0 Å². The summed E-state index contributed by atoms with van der Waals surface area (Å²) in [6, 6.07) is 4.56. The molecule has 0 aliphatic heterocycles. The number of hydrogen-bond donors (Lipinski definition) is 3. The maximum atomic E-state index is 11.8. The van der Waals surface area contributed by atoms with Gasteiger partial charge in [-0.2, -0.15) is 0 Å². The number of halogens is 1. The number of hydrogen-bond acceptors (Lipinski definition) is 3. The van der Waals surface area contributed by atoms with E-state index in [9.17, 15) is 9.90 Å². The highest BCUT2D eigenvalue weighted by Gasteiger charge is 2.23. The largest absolute Gasteiger partial charge is 0.497 e.